The topological polar surface area (TPSA) is 84.3 Å². The molecule has 25 heavy (non-hydrogen) atoms. The third-order valence-electron chi connectivity index (χ3n) is 4.00. The van der Waals surface area contributed by atoms with Gasteiger partial charge in [-0.05, 0) is 54.3 Å². The molecule has 0 fully saturated rings. The molecule has 0 aliphatic heterocycles. The fourth-order valence-electron chi connectivity index (χ4n) is 2.48. The van der Waals surface area contributed by atoms with Crippen molar-refractivity contribution in [1.29, 1.82) is 0 Å². The predicted octanol–water partition coefficient (Wildman–Crippen LogP) is 3.39. The fourth-order valence-corrected chi connectivity index (χ4v) is 3.16. The molecule has 0 spiro atoms. The van der Waals surface area contributed by atoms with E-state index in [0.29, 0.717) is 18.2 Å². The molecule has 1 amide bonds. The van der Waals surface area contributed by atoms with Crippen LogP contribution in [0.25, 0.3) is 0 Å². The summed E-state index contributed by atoms with van der Waals surface area (Å²) in [7, 11) is 0. The van der Waals surface area contributed by atoms with Crippen molar-refractivity contribution in [2.75, 3.05) is 6.54 Å². The molecule has 0 saturated carbocycles. The third-order valence-corrected chi connectivity index (χ3v) is 4.74. The molecule has 6 nitrogen and oxygen atoms in total. The van der Waals surface area contributed by atoms with Crippen LogP contribution in [0.1, 0.15) is 36.2 Å². The maximum absolute atomic E-state index is 12.3. The average Bonchev–Trinajstić information content (AvgIpc) is 3.11. The van der Waals surface area contributed by atoms with Crippen molar-refractivity contribution in [3.05, 3.63) is 62.3 Å². The number of rotatable bonds is 9. The lowest BCUT2D eigenvalue weighted by atomic mass is 10.1. The zero-order valence-corrected chi connectivity index (χ0v) is 15.2. The van der Waals surface area contributed by atoms with Crippen LogP contribution in [0.15, 0.2) is 41.1 Å². The van der Waals surface area contributed by atoms with E-state index in [1.54, 1.807) is 11.3 Å². The number of hydrogen-bond acceptors (Lipinski definition) is 5. The maximum atomic E-state index is 12.3. The summed E-state index contributed by atoms with van der Waals surface area (Å²) in [5, 5.41) is 21.3. The highest BCUT2D eigenvalue weighted by Gasteiger charge is 2.14. The highest BCUT2D eigenvalue weighted by Crippen LogP contribution is 2.12. The number of nitrogens with one attached hydrogen (secondary N) is 2. The number of non-ortho nitro benzene ring substituents is 1. The lowest BCUT2D eigenvalue weighted by Crippen LogP contribution is -2.44. The summed E-state index contributed by atoms with van der Waals surface area (Å²) >= 11 is 1.69. The SMILES string of the molecule is CCC(CNC(C)Cc1ccsc1)NC(=O)c1ccc([N+](=O)[O-])cc1. The molecule has 2 aromatic rings. The Morgan fingerprint density at radius 2 is 2.00 bits per heavy atom. The number of nitrogens with zero attached hydrogens (tertiary/aromatic N) is 1. The van der Waals surface area contributed by atoms with Gasteiger partial charge in [0, 0.05) is 36.3 Å². The number of hydrogen-bond donors (Lipinski definition) is 2. The van der Waals surface area contributed by atoms with Crippen LogP contribution in [0.3, 0.4) is 0 Å². The van der Waals surface area contributed by atoms with Crippen molar-refractivity contribution in [2.24, 2.45) is 0 Å². The molecule has 7 heteroatoms. The van der Waals surface area contributed by atoms with Gasteiger partial charge in [-0.1, -0.05) is 6.92 Å². The summed E-state index contributed by atoms with van der Waals surface area (Å²) in [6.45, 7) is 4.83. The smallest absolute Gasteiger partial charge is 0.269 e. The van der Waals surface area contributed by atoms with E-state index in [-0.39, 0.29) is 17.6 Å². The molecule has 0 bridgehead atoms. The van der Waals surface area contributed by atoms with Gasteiger partial charge in [0.25, 0.3) is 11.6 Å². The van der Waals surface area contributed by atoms with Crippen molar-refractivity contribution in [2.45, 2.75) is 38.8 Å². The summed E-state index contributed by atoms with van der Waals surface area (Å²) in [5.41, 5.74) is 1.72. The highest BCUT2D eigenvalue weighted by atomic mass is 32.1. The van der Waals surface area contributed by atoms with Crippen molar-refractivity contribution < 1.29 is 9.72 Å². The normalized spacial score (nSPS) is 13.2. The number of amides is 1. The molecule has 1 aromatic heterocycles. The number of nitro benzene ring substituents is 1. The second kappa shape index (κ2) is 9.29. The van der Waals surface area contributed by atoms with E-state index in [0.717, 1.165) is 12.8 Å². The van der Waals surface area contributed by atoms with Crippen LogP contribution in [0.4, 0.5) is 5.69 Å². The minimum Gasteiger partial charge on any atom is -0.348 e. The highest BCUT2D eigenvalue weighted by molar-refractivity contribution is 7.07. The fraction of sp³-hybridized carbons (Fsp3) is 0.389. The Morgan fingerprint density at radius 3 is 2.56 bits per heavy atom. The largest absolute Gasteiger partial charge is 0.348 e. The first-order valence-electron chi connectivity index (χ1n) is 8.29. The zero-order chi connectivity index (χ0) is 18.2. The molecule has 0 saturated heterocycles. The van der Waals surface area contributed by atoms with Gasteiger partial charge in [-0.2, -0.15) is 11.3 Å². The minimum atomic E-state index is -0.477. The molecule has 134 valence electrons. The Hall–Kier alpha value is -2.25. The van der Waals surface area contributed by atoms with Crippen LogP contribution in [-0.4, -0.2) is 29.5 Å². The van der Waals surface area contributed by atoms with Crippen molar-refractivity contribution >= 4 is 22.9 Å². The molecular formula is C18H23N3O3S. The van der Waals surface area contributed by atoms with Gasteiger partial charge in [0.1, 0.15) is 0 Å². The van der Waals surface area contributed by atoms with Crippen LogP contribution in [0.5, 0.6) is 0 Å². The van der Waals surface area contributed by atoms with Crippen LogP contribution in [0, 0.1) is 10.1 Å². The zero-order valence-electron chi connectivity index (χ0n) is 14.4. The van der Waals surface area contributed by atoms with Crippen molar-refractivity contribution in [3.63, 3.8) is 0 Å². The van der Waals surface area contributed by atoms with Crippen LogP contribution in [-0.2, 0) is 6.42 Å². The van der Waals surface area contributed by atoms with Crippen LogP contribution < -0.4 is 10.6 Å². The molecular weight excluding hydrogens is 338 g/mol. The van der Waals surface area contributed by atoms with Gasteiger partial charge in [-0.15, -0.1) is 0 Å². The van der Waals surface area contributed by atoms with E-state index < -0.39 is 4.92 Å². The van der Waals surface area contributed by atoms with Crippen LogP contribution >= 0.6 is 11.3 Å². The molecule has 2 unspecified atom stereocenters. The van der Waals surface area contributed by atoms with Gasteiger partial charge in [-0.25, -0.2) is 0 Å². The summed E-state index contributed by atoms with van der Waals surface area (Å²) < 4.78 is 0. The molecule has 1 aromatic carbocycles. The van der Waals surface area contributed by atoms with Gasteiger partial charge >= 0.3 is 0 Å². The van der Waals surface area contributed by atoms with Gasteiger partial charge in [-0.3, -0.25) is 14.9 Å². The Balaban J connectivity index is 1.83. The summed E-state index contributed by atoms with van der Waals surface area (Å²) in [6.07, 6.45) is 1.76. The van der Waals surface area contributed by atoms with E-state index in [9.17, 15) is 14.9 Å². The van der Waals surface area contributed by atoms with Gasteiger partial charge in [0.15, 0.2) is 0 Å². The molecule has 1 heterocycles. The molecule has 2 N–H and O–H groups in total. The second-order valence-corrected chi connectivity index (χ2v) is 6.81. The average molecular weight is 361 g/mol. The van der Waals surface area contributed by atoms with E-state index in [1.807, 2.05) is 6.92 Å². The van der Waals surface area contributed by atoms with Gasteiger partial charge < -0.3 is 10.6 Å². The Kier molecular flexibility index (Phi) is 7.09. The van der Waals surface area contributed by atoms with E-state index >= 15 is 0 Å². The molecule has 2 rings (SSSR count). The van der Waals surface area contributed by atoms with E-state index in [1.165, 1.54) is 29.8 Å². The van der Waals surface area contributed by atoms with Crippen molar-refractivity contribution in [1.82, 2.24) is 10.6 Å². The Bertz CT molecular complexity index is 686. The first-order valence-corrected chi connectivity index (χ1v) is 9.23. The van der Waals surface area contributed by atoms with Gasteiger partial charge in [0.05, 0.1) is 4.92 Å². The summed E-state index contributed by atoms with van der Waals surface area (Å²) in [5.74, 6) is -0.214. The number of carbonyl (C=O) groups excluding carboxylic acids is 1. The Morgan fingerprint density at radius 1 is 1.28 bits per heavy atom. The van der Waals surface area contributed by atoms with E-state index in [4.69, 9.17) is 0 Å². The third kappa shape index (κ3) is 5.95. The number of nitro groups is 1. The molecule has 0 aliphatic rings. The molecule has 2 atom stereocenters. The summed E-state index contributed by atoms with van der Waals surface area (Å²) in [4.78, 5) is 22.5. The first-order chi connectivity index (χ1) is 12.0. The molecule has 0 radical (unpaired) electrons. The monoisotopic (exact) mass is 361 g/mol. The lowest BCUT2D eigenvalue weighted by molar-refractivity contribution is -0.384. The van der Waals surface area contributed by atoms with E-state index in [2.05, 4.69) is 34.4 Å². The molecule has 0 aliphatic carbocycles. The number of thiophene rings is 1. The summed E-state index contributed by atoms with van der Waals surface area (Å²) in [6, 6.07) is 8.09. The number of carbonyl (C=O) groups is 1. The minimum absolute atomic E-state index is 0.00705. The lowest BCUT2D eigenvalue weighted by Gasteiger charge is -2.21. The quantitative estimate of drug-likeness (QED) is 0.530. The number of benzene rings is 1. The van der Waals surface area contributed by atoms with Crippen LogP contribution in [0.2, 0.25) is 0 Å². The van der Waals surface area contributed by atoms with Crippen molar-refractivity contribution in [3.8, 4) is 0 Å². The first kappa shape index (κ1) is 19.1. The predicted molar refractivity (Wildman–Crippen MR) is 100 cm³/mol. The van der Waals surface area contributed by atoms with Gasteiger partial charge in [0.2, 0.25) is 0 Å². The standard InChI is InChI=1S/C18H23N3O3S/c1-3-16(11-19-13(2)10-14-8-9-25-12-14)20-18(22)15-4-6-17(7-5-15)21(23)24/h4-9,12-13,16,19H,3,10-11H2,1-2H3,(H,20,22). The maximum Gasteiger partial charge on any atom is 0.269 e. The Labute approximate surface area is 151 Å². The second-order valence-electron chi connectivity index (χ2n) is 6.03.